The topological polar surface area (TPSA) is 177 Å². The summed E-state index contributed by atoms with van der Waals surface area (Å²) in [6, 6.07) is 0.0207. The van der Waals surface area contributed by atoms with Crippen LogP contribution in [0.5, 0.6) is 0 Å². The molecule has 0 radical (unpaired) electrons. The van der Waals surface area contributed by atoms with Gasteiger partial charge in [-0.05, 0) is 13.8 Å². The highest BCUT2D eigenvalue weighted by Crippen LogP contribution is 2.21. The maximum absolute atomic E-state index is 12.0. The van der Waals surface area contributed by atoms with Gasteiger partial charge in [0.1, 0.15) is 0 Å². The molecule has 0 saturated carbocycles. The fourth-order valence-corrected chi connectivity index (χ4v) is 1.93. The van der Waals surface area contributed by atoms with Gasteiger partial charge in [0.05, 0.1) is 0 Å². The Hall–Kier alpha value is -2.18. The highest BCUT2D eigenvalue weighted by molar-refractivity contribution is 7.88. The van der Waals surface area contributed by atoms with Crippen LogP contribution in [-0.4, -0.2) is 43.3 Å². The molecule has 1 heterocycles. The number of hydrogen-bond donors (Lipinski definition) is 5. The SMILES string of the molecule is CNS(=O)(=O)N/C(N)=N\C(=O)c1nc(Cl)c(NC(C)C)nc1N. The minimum absolute atomic E-state index is 0.0207. The molecule has 1 aromatic rings. The maximum atomic E-state index is 12.0. The van der Waals surface area contributed by atoms with Crippen molar-refractivity contribution in [3.8, 4) is 0 Å². The quantitative estimate of drug-likeness (QED) is 0.327. The Kier molecular flexibility index (Phi) is 6.06. The number of aliphatic imine (C=N–C) groups is 1. The largest absolute Gasteiger partial charge is 0.382 e. The number of guanidine groups is 1. The van der Waals surface area contributed by atoms with Crippen molar-refractivity contribution in [1.82, 2.24) is 19.4 Å². The summed E-state index contributed by atoms with van der Waals surface area (Å²) in [5.74, 6) is -1.67. The molecule has 0 atom stereocenters. The fraction of sp³-hybridized carbons (Fsp3) is 0.400. The molecule has 0 aliphatic rings. The van der Waals surface area contributed by atoms with Crippen molar-refractivity contribution in [3.05, 3.63) is 10.8 Å². The Morgan fingerprint density at radius 1 is 1.35 bits per heavy atom. The van der Waals surface area contributed by atoms with Gasteiger partial charge in [-0.1, -0.05) is 11.6 Å². The number of nitrogens with zero attached hydrogens (tertiary/aromatic N) is 3. The first-order valence-electron chi connectivity index (χ1n) is 6.25. The van der Waals surface area contributed by atoms with Crippen molar-refractivity contribution in [3.63, 3.8) is 0 Å². The number of nitrogen functional groups attached to an aromatic ring is 1. The summed E-state index contributed by atoms with van der Waals surface area (Å²) in [5.41, 5.74) is 10.6. The zero-order valence-electron chi connectivity index (χ0n) is 12.6. The monoisotopic (exact) mass is 364 g/mol. The van der Waals surface area contributed by atoms with E-state index in [0.717, 1.165) is 7.05 Å². The summed E-state index contributed by atoms with van der Waals surface area (Å²) in [4.78, 5) is 23.0. The minimum atomic E-state index is -3.90. The molecule has 128 valence electrons. The number of carbonyl (C=O) groups is 1. The summed E-state index contributed by atoms with van der Waals surface area (Å²) in [6.07, 6.45) is 0. The number of nitrogens with two attached hydrogens (primary N) is 2. The Morgan fingerprint density at radius 2 is 1.96 bits per heavy atom. The van der Waals surface area contributed by atoms with Crippen LogP contribution in [0.1, 0.15) is 24.3 Å². The highest BCUT2D eigenvalue weighted by Gasteiger charge is 2.18. The second kappa shape index (κ2) is 7.39. The molecule has 13 heteroatoms. The predicted octanol–water partition coefficient (Wildman–Crippen LogP) is -0.959. The van der Waals surface area contributed by atoms with Crippen LogP contribution in [0.2, 0.25) is 5.15 Å². The zero-order valence-corrected chi connectivity index (χ0v) is 14.2. The molecule has 0 bridgehead atoms. The van der Waals surface area contributed by atoms with Crippen LogP contribution in [-0.2, 0) is 10.2 Å². The van der Waals surface area contributed by atoms with Crippen molar-refractivity contribution in [2.45, 2.75) is 19.9 Å². The molecule has 1 aromatic heterocycles. The van der Waals surface area contributed by atoms with Crippen molar-refractivity contribution in [2.75, 3.05) is 18.1 Å². The first kappa shape index (κ1) is 18.9. The zero-order chi connectivity index (χ0) is 17.8. The number of anilines is 2. The standard InChI is InChI=1S/C10H17ClN8O3S/c1-4(2)15-8-6(11)16-5(7(12)17-8)9(20)18-10(13)19-23(21,22)14-3/h4,14H,1-3H3,(H3,12,15,17)(H3,13,18,19,20). The van der Waals surface area contributed by atoms with Gasteiger partial charge in [-0.3, -0.25) is 4.79 Å². The van der Waals surface area contributed by atoms with Crippen molar-refractivity contribution < 1.29 is 13.2 Å². The smallest absolute Gasteiger partial charge is 0.302 e. The summed E-state index contributed by atoms with van der Waals surface area (Å²) in [5, 5.41) is 2.82. The highest BCUT2D eigenvalue weighted by atomic mass is 35.5. The van der Waals surface area contributed by atoms with Crippen LogP contribution in [0, 0.1) is 0 Å². The van der Waals surface area contributed by atoms with Crippen LogP contribution in [0.4, 0.5) is 11.6 Å². The molecular formula is C10H17ClN8O3S. The third-order valence-electron chi connectivity index (χ3n) is 2.24. The van der Waals surface area contributed by atoms with Crippen molar-refractivity contribution in [1.29, 1.82) is 0 Å². The van der Waals surface area contributed by atoms with Crippen LogP contribution in [0.15, 0.2) is 4.99 Å². The first-order valence-corrected chi connectivity index (χ1v) is 8.11. The Balaban J connectivity index is 3.07. The number of nitrogens with one attached hydrogen (secondary N) is 3. The first-order chi connectivity index (χ1) is 10.6. The molecule has 11 nitrogen and oxygen atoms in total. The lowest BCUT2D eigenvalue weighted by molar-refractivity contribution is 0.0998. The van der Waals surface area contributed by atoms with Crippen LogP contribution in [0.25, 0.3) is 0 Å². The van der Waals surface area contributed by atoms with E-state index in [2.05, 4.69) is 20.3 Å². The molecule has 1 amide bonds. The van der Waals surface area contributed by atoms with E-state index >= 15 is 0 Å². The third kappa shape index (κ3) is 5.50. The normalized spacial score (nSPS) is 12.3. The molecule has 23 heavy (non-hydrogen) atoms. The number of hydrogen-bond acceptors (Lipinski definition) is 7. The maximum Gasteiger partial charge on any atom is 0.302 e. The van der Waals surface area contributed by atoms with E-state index in [9.17, 15) is 13.2 Å². The molecular weight excluding hydrogens is 348 g/mol. The van der Waals surface area contributed by atoms with Crippen molar-refractivity contribution >= 4 is 45.3 Å². The second-order valence-electron chi connectivity index (χ2n) is 4.51. The van der Waals surface area contributed by atoms with E-state index in [-0.39, 0.29) is 28.5 Å². The number of aromatic nitrogens is 2. The van der Waals surface area contributed by atoms with Gasteiger partial charge in [-0.15, -0.1) is 0 Å². The third-order valence-corrected chi connectivity index (χ3v) is 3.52. The van der Waals surface area contributed by atoms with E-state index < -0.39 is 22.1 Å². The summed E-state index contributed by atoms with van der Waals surface area (Å²) >= 11 is 5.91. The number of halogens is 1. The van der Waals surface area contributed by atoms with Crippen molar-refractivity contribution in [2.24, 2.45) is 10.7 Å². The molecule has 0 aliphatic heterocycles. The predicted molar refractivity (Wildman–Crippen MR) is 87.3 cm³/mol. The van der Waals surface area contributed by atoms with Crippen LogP contribution < -0.4 is 26.2 Å². The Bertz CT molecular complexity index is 734. The molecule has 0 unspecified atom stereocenters. The summed E-state index contributed by atoms with van der Waals surface area (Å²) < 4.78 is 26.2. The van der Waals surface area contributed by atoms with Crippen LogP contribution >= 0.6 is 11.6 Å². The molecule has 0 spiro atoms. The lowest BCUT2D eigenvalue weighted by atomic mass is 10.3. The average molecular weight is 365 g/mol. The number of amides is 1. The van der Waals surface area contributed by atoms with Gasteiger partial charge >= 0.3 is 16.1 Å². The van der Waals surface area contributed by atoms with E-state index in [0.29, 0.717) is 0 Å². The summed E-state index contributed by atoms with van der Waals surface area (Å²) in [6.45, 7) is 3.71. The molecule has 0 aliphatic carbocycles. The Morgan fingerprint density at radius 3 is 2.48 bits per heavy atom. The average Bonchev–Trinajstić information content (AvgIpc) is 2.41. The number of carbonyl (C=O) groups excluding carboxylic acids is 1. The van der Waals surface area contributed by atoms with E-state index in [4.69, 9.17) is 23.1 Å². The van der Waals surface area contributed by atoms with Gasteiger partial charge in [0.15, 0.2) is 22.5 Å². The molecule has 0 aromatic carbocycles. The second-order valence-corrected chi connectivity index (χ2v) is 6.48. The van der Waals surface area contributed by atoms with Crippen LogP contribution in [0.3, 0.4) is 0 Å². The van der Waals surface area contributed by atoms with Gasteiger partial charge in [-0.2, -0.15) is 13.4 Å². The molecule has 1 rings (SSSR count). The van der Waals surface area contributed by atoms with Gasteiger partial charge in [0.2, 0.25) is 5.96 Å². The van der Waals surface area contributed by atoms with Gasteiger partial charge in [-0.25, -0.2) is 19.4 Å². The summed E-state index contributed by atoms with van der Waals surface area (Å²) in [7, 11) is -2.74. The lowest BCUT2D eigenvalue weighted by Gasteiger charge is -2.11. The van der Waals surface area contributed by atoms with Gasteiger partial charge in [0.25, 0.3) is 0 Å². The van der Waals surface area contributed by atoms with E-state index in [1.54, 1.807) is 0 Å². The van der Waals surface area contributed by atoms with Gasteiger partial charge in [0, 0.05) is 13.1 Å². The van der Waals surface area contributed by atoms with E-state index in [1.807, 2.05) is 23.3 Å². The molecule has 7 N–H and O–H groups in total. The fourth-order valence-electron chi connectivity index (χ4n) is 1.32. The molecule has 0 saturated heterocycles. The minimum Gasteiger partial charge on any atom is -0.382 e. The molecule has 0 fully saturated rings. The lowest BCUT2D eigenvalue weighted by Crippen LogP contribution is -2.42. The Labute approximate surface area is 138 Å². The number of rotatable bonds is 5. The van der Waals surface area contributed by atoms with Gasteiger partial charge < -0.3 is 16.8 Å². The van der Waals surface area contributed by atoms with E-state index in [1.165, 1.54) is 0 Å².